The highest BCUT2D eigenvalue weighted by Gasteiger charge is 2.28. The first-order valence-corrected chi connectivity index (χ1v) is 8.50. The van der Waals surface area contributed by atoms with E-state index in [0.717, 1.165) is 25.7 Å². The zero-order valence-corrected chi connectivity index (χ0v) is 12.5. The molecule has 1 aromatic rings. The van der Waals surface area contributed by atoms with Gasteiger partial charge in [-0.2, -0.15) is 9.98 Å². The molecule has 0 heterocycles. The molecule has 1 saturated carbocycles. The Morgan fingerprint density at radius 1 is 1.25 bits per heavy atom. The van der Waals surface area contributed by atoms with Gasteiger partial charge in [0, 0.05) is 0 Å². The fraction of sp³-hybridized carbons (Fsp3) is 0.533. The first-order valence-electron chi connectivity index (χ1n) is 7.02. The molecule has 0 radical (unpaired) electrons. The maximum atomic E-state index is 12.4. The molecule has 1 N–H and O–H groups in total. The average molecular weight is 292 g/mol. The molecule has 20 heavy (non-hydrogen) atoms. The quantitative estimate of drug-likeness (QED) is 0.927. The Bertz CT molecular complexity index is 599. The molecule has 2 rings (SSSR count). The van der Waals surface area contributed by atoms with Gasteiger partial charge in [-0.3, -0.25) is 0 Å². The van der Waals surface area contributed by atoms with Crippen LogP contribution in [-0.4, -0.2) is 14.5 Å². The molecule has 1 aromatic carbocycles. The van der Waals surface area contributed by atoms with Crippen molar-refractivity contribution in [1.82, 2.24) is 4.72 Å². The number of rotatable bonds is 4. The minimum absolute atomic E-state index is 0.132. The fourth-order valence-electron chi connectivity index (χ4n) is 2.78. The first-order chi connectivity index (χ1) is 9.54. The highest BCUT2D eigenvalue weighted by Crippen LogP contribution is 2.27. The van der Waals surface area contributed by atoms with Crippen molar-refractivity contribution in [2.75, 3.05) is 0 Å². The van der Waals surface area contributed by atoms with E-state index in [1.165, 1.54) is 6.42 Å². The van der Waals surface area contributed by atoms with Crippen molar-refractivity contribution < 1.29 is 8.42 Å². The number of aryl methyl sites for hydroxylation is 1. The SMILES string of the molecule is Cc1ccccc1S(=O)(=O)NC(C#N)C1CCCCC1. The van der Waals surface area contributed by atoms with Crippen LogP contribution in [-0.2, 0) is 10.0 Å². The minimum Gasteiger partial charge on any atom is -0.207 e. The second-order valence-corrected chi connectivity index (χ2v) is 7.07. The smallest absolute Gasteiger partial charge is 0.207 e. The van der Waals surface area contributed by atoms with Crippen molar-refractivity contribution in [2.45, 2.75) is 50.0 Å². The highest BCUT2D eigenvalue weighted by molar-refractivity contribution is 7.89. The summed E-state index contributed by atoms with van der Waals surface area (Å²) in [4.78, 5) is 0.260. The van der Waals surface area contributed by atoms with Gasteiger partial charge in [-0.05, 0) is 37.3 Å². The molecule has 1 aliphatic rings. The van der Waals surface area contributed by atoms with Crippen molar-refractivity contribution in [3.63, 3.8) is 0 Å². The van der Waals surface area contributed by atoms with Gasteiger partial charge in [0.2, 0.25) is 10.0 Å². The Labute approximate surface area is 120 Å². The number of hydrogen-bond acceptors (Lipinski definition) is 3. The third-order valence-electron chi connectivity index (χ3n) is 3.93. The topological polar surface area (TPSA) is 70.0 Å². The standard InChI is InChI=1S/C15H20N2O2S/c1-12-7-5-6-10-15(12)20(18,19)17-14(11-16)13-8-3-2-4-9-13/h5-7,10,13-14,17H,2-4,8-9H2,1H3. The number of nitriles is 1. The Kier molecular flexibility index (Phi) is 4.79. The van der Waals surface area contributed by atoms with Crippen LogP contribution in [0.2, 0.25) is 0 Å². The molecule has 0 aliphatic heterocycles. The minimum atomic E-state index is -3.62. The maximum absolute atomic E-state index is 12.4. The van der Waals surface area contributed by atoms with Gasteiger partial charge < -0.3 is 0 Å². The summed E-state index contributed by atoms with van der Waals surface area (Å²) in [7, 11) is -3.62. The second-order valence-electron chi connectivity index (χ2n) is 5.39. The maximum Gasteiger partial charge on any atom is 0.241 e. The summed E-state index contributed by atoms with van der Waals surface area (Å²) >= 11 is 0. The van der Waals surface area contributed by atoms with Crippen molar-refractivity contribution in [3.05, 3.63) is 29.8 Å². The van der Waals surface area contributed by atoms with E-state index in [1.54, 1.807) is 31.2 Å². The predicted octanol–water partition coefficient (Wildman–Crippen LogP) is 2.75. The molecule has 1 fully saturated rings. The lowest BCUT2D eigenvalue weighted by atomic mass is 9.85. The third-order valence-corrected chi connectivity index (χ3v) is 5.53. The number of sulfonamides is 1. The first kappa shape index (κ1) is 15.0. The lowest BCUT2D eigenvalue weighted by Crippen LogP contribution is -2.40. The van der Waals surface area contributed by atoms with Gasteiger partial charge in [-0.25, -0.2) is 8.42 Å². The summed E-state index contributed by atoms with van der Waals surface area (Å²) in [5.41, 5.74) is 0.695. The largest absolute Gasteiger partial charge is 0.241 e. The van der Waals surface area contributed by atoms with Crippen molar-refractivity contribution in [3.8, 4) is 6.07 Å². The fourth-order valence-corrected chi connectivity index (χ4v) is 4.24. The van der Waals surface area contributed by atoms with Gasteiger partial charge >= 0.3 is 0 Å². The number of nitrogens with zero attached hydrogens (tertiary/aromatic N) is 1. The van der Waals surface area contributed by atoms with Crippen LogP contribution in [0.4, 0.5) is 0 Å². The number of hydrogen-bond donors (Lipinski definition) is 1. The van der Waals surface area contributed by atoms with Crippen LogP contribution in [0.25, 0.3) is 0 Å². The van der Waals surface area contributed by atoms with E-state index >= 15 is 0 Å². The second kappa shape index (κ2) is 6.38. The Balaban J connectivity index is 2.18. The lowest BCUT2D eigenvalue weighted by molar-refractivity contribution is 0.324. The molecular formula is C15H20N2O2S. The molecular weight excluding hydrogens is 272 g/mol. The van der Waals surface area contributed by atoms with Crippen molar-refractivity contribution in [1.29, 1.82) is 5.26 Å². The van der Waals surface area contributed by atoms with Gasteiger partial charge in [0.05, 0.1) is 11.0 Å². The summed E-state index contributed by atoms with van der Waals surface area (Å²) in [6, 6.07) is 8.34. The van der Waals surface area contributed by atoms with Crippen LogP contribution >= 0.6 is 0 Å². The third kappa shape index (κ3) is 3.38. The molecule has 0 bridgehead atoms. The Morgan fingerprint density at radius 2 is 1.90 bits per heavy atom. The van der Waals surface area contributed by atoms with Crippen LogP contribution in [0.3, 0.4) is 0 Å². The van der Waals surface area contributed by atoms with Gasteiger partial charge in [0.1, 0.15) is 6.04 Å². The van der Waals surface area contributed by atoms with Gasteiger partial charge in [-0.1, -0.05) is 37.5 Å². The molecule has 0 aromatic heterocycles. The zero-order chi connectivity index (χ0) is 14.6. The Hall–Kier alpha value is -1.38. The average Bonchev–Trinajstić information content (AvgIpc) is 2.46. The summed E-state index contributed by atoms with van der Waals surface area (Å²) in [5.74, 6) is 0.132. The molecule has 1 aliphatic carbocycles. The number of nitrogens with one attached hydrogen (secondary N) is 1. The van der Waals surface area contributed by atoms with Crippen LogP contribution < -0.4 is 4.72 Å². The summed E-state index contributed by atoms with van der Waals surface area (Å²) in [6.07, 6.45) is 5.19. The molecule has 1 atom stereocenters. The van der Waals surface area contributed by atoms with Crippen molar-refractivity contribution >= 4 is 10.0 Å². The van der Waals surface area contributed by atoms with E-state index in [4.69, 9.17) is 0 Å². The van der Waals surface area contributed by atoms with Crippen LogP contribution in [0, 0.1) is 24.2 Å². The molecule has 0 amide bonds. The molecule has 4 nitrogen and oxygen atoms in total. The number of benzene rings is 1. The van der Waals surface area contributed by atoms with Crippen LogP contribution in [0.1, 0.15) is 37.7 Å². The summed E-state index contributed by atoms with van der Waals surface area (Å²) in [6.45, 7) is 1.76. The predicted molar refractivity (Wildman–Crippen MR) is 77.5 cm³/mol. The van der Waals surface area contributed by atoms with E-state index in [9.17, 15) is 13.7 Å². The van der Waals surface area contributed by atoms with Gasteiger partial charge in [0.15, 0.2) is 0 Å². The van der Waals surface area contributed by atoms with E-state index in [0.29, 0.717) is 5.56 Å². The van der Waals surface area contributed by atoms with E-state index < -0.39 is 16.1 Å². The van der Waals surface area contributed by atoms with Gasteiger partial charge in [-0.15, -0.1) is 0 Å². The lowest BCUT2D eigenvalue weighted by Gasteiger charge is -2.26. The normalized spacial score (nSPS) is 18.4. The zero-order valence-electron chi connectivity index (χ0n) is 11.7. The Morgan fingerprint density at radius 3 is 2.50 bits per heavy atom. The summed E-state index contributed by atoms with van der Waals surface area (Å²) < 4.78 is 27.4. The van der Waals surface area contributed by atoms with E-state index in [-0.39, 0.29) is 10.8 Å². The molecule has 5 heteroatoms. The molecule has 0 saturated heterocycles. The molecule has 1 unspecified atom stereocenters. The van der Waals surface area contributed by atoms with Gasteiger partial charge in [0.25, 0.3) is 0 Å². The van der Waals surface area contributed by atoms with E-state index in [1.807, 2.05) is 0 Å². The van der Waals surface area contributed by atoms with E-state index in [2.05, 4.69) is 10.8 Å². The summed E-state index contributed by atoms with van der Waals surface area (Å²) in [5, 5.41) is 9.28. The monoisotopic (exact) mass is 292 g/mol. The molecule has 108 valence electrons. The van der Waals surface area contributed by atoms with Crippen LogP contribution in [0.5, 0.6) is 0 Å². The van der Waals surface area contributed by atoms with Crippen LogP contribution in [0.15, 0.2) is 29.2 Å². The van der Waals surface area contributed by atoms with Crippen molar-refractivity contribution in [2.24, 2.45) is 5.92 Å². The molecule has 0 spiro atoms. The highest BCUT2D eigenvalue weighted by atomic mass is 32.2.